The number of hydrogen-bond acceptors (Lipinski definition) is 2. The van der Waals surface area contributed by atoms with E-state index in [0.29, 0.717) is 12.3 Å². The Morgan fingerprint density at radius 3 is 3.21 bits per heavy atom. The zero-order valence-electron chi connectivity index (χ0n) is 7.57. The van der Waals surface area contributed by atoms with Crippen molar-refractivity contribution in [1.29, 1.82) is 0 Å². The summed E-state index contributed by atoms with van der Waals surface area (Å²) in [7, 11) is 0. The van der Waals surface area contributed by atoms with E-state index in [4.69, 9.17) is 11.6 Å². The van der Waals surface area contributed by atoms with Crippen molar-refractivity contribution < 1.29 is 5.11 Å². The van der Waals surface area contributed by atoms with Crippen LogP contribution in [0.1, 0.15) is 18.1 Å². The van der Waals surface area contributed by atoms with Crippen molar-refractivity contribution in [3.63, 3.8) is 0 Å². The number of aliphatic hydroxyl groups is 1. The molecule has 74 valence electrons. The van der Waals surface area contributed by atoms with Crippen LogP contribution in [-0.2, 0) is 0 Å². The van der Waals surface area contributed by atoms with Crippen LogP contribution < -0.4 is 0 Å². The molecule has 2 heterocycles. The summed E-state index contributed by atoms with van der Waals surface area (Å²) in [5, 5.41) is 10.7. The van der Waals surface area contributed by atoms with Gasteiger partial charge in [0.1, 0.15) is 5.65 Å². The van der Waals surface area contributed by atoms with Gasteiger partial charge in [0.15, 0.2) is 0 Å². The first-order chi connectivity index (χ1) is 6.83. The Bertz CT molecular complexity index is 427. The number of fused-ring (bicyclic) bond motifs is 1. The van der Waals surface area contributed by atoms with Gasteiger partial charge in [0.25, 0.3) is 0 Å². The number of H-pyrrole nitrogens is 1. The smallest absolute Gasteiger partial charge is 0.137 e. The van der Waals surface area contributed by atoms with Crippen LogP contribution in [0.25, 0.3) is 11.0 Å². The van der Waals surface area contributed by atoms with Gasteiger partial charge in [-0.15, -0.1) is 11.6 Å². The molecule has 1 unspecified atom stereocenters. The fourth-order valence-corrected chi connectivity index (χ4v) is 1.72. The molecule has 2 N–H and O–H groups in total. The predicted molar refractivity (Wildman–Crippen MR) is 56.4 cm³/mol. The molecule has 1 atom stereocenters. The summed E-state index contributed by atoms with van der Waals surface area (Å²) in [5.74, 6) is 0.452. The van der Waals surface area contributed by atoms with Crippen molar-refractivity contribution in [3.05, 3.63) is 30.1 Å². The second kappa shape index (κ2) is 3.98. The number of aliphatic hydroxyl groups excluding tert-OH is 1. The molecule has 2 aromatic heterocycles. The highest BCUT2D eigenvalue weighted by Crippen LogP contribution is 2.24. The predicted octanol–water partition coefficient (Wildman–Crippen LogP) is 2.23. The fraction of sp³-hybridized carbons (Fsp3) is 0.300. The third-order valence-corrected chi connectivity index (χ3v) is 2.44. The maximum absolute atomic E-state index is 9.78. The molecule has 0 aliphatic carbocycles. The molecule has 0 aromatic carbocycles. The van der Waals surface area contributed by atoms with E-state index in [9.17, 15) is 5.11 Å². The average Bonchev–Trinajstić information content (AvgIpc) is 2.61. The van der Waals surface area contributed by atoms with Gasteiger partial charge in [0, 0.05) is 29.2 Å². The van der Waals surface area contributed by atoms with Crippen molar-refractivity contribution in [2.45, 2.75) is 12.5 Å². The fourth-order valence-electron chi connectivity index (χ4n) is 1.51. The lowest BCUT2D eigenvalue weighted by atomic mass is 10.1. The van der Waals surface area contributed by atoms with Gasteiger partial charge in [-0.25, -0.2) is 4.98 Å². The molecule has 0 spiro atoms. The number of rotatable bonds is 3. The van der Waals surface area contributed by atoms with E-state index in [0.717, 1.165) is 16.6 Å². The van der Waals surface area contributed by atoms with Crippen LogP contribution in [0.5, 0.6) is 0 Å². The van der Waals surface area contributed by atoms with Crippen molar-refractivity contribution in [2.75, 3.05) is 5.88 Å². The van der Waals surface area contributed by atoms with Crippen molar-refractivity contribution in [3.8, 4) is 0 Å². The molecule has 0 fully saturated rings. The minimum Gasteiger partial charge on any atom is -0.388 e. The van der Waals surface area contributed by atoms with Gasteiger partial charge in [-0.2, -0.15) is 0 Å². The van der Waals surface area contributed by atoms with Crippen LogP contribution in [0.3, 0.4) is 0 Å². The van der Waals surface area contributed by atoms with E-state index in [-0.39, 0.29) is 0 Å². The molecule has 0 saturated heterocycles. The third kappa shape index (κ3) is 1.61. The van der Waals surface area contributed by atoms with E-state index in [1.54, 1.807) is 12.4 Å². The zero-order chi connectivity index (χ0) is 9.97. The van der Waals surface area contributed by atoms with E-state index in [1.165, 1.54) is 0 Å². The summed E-state index contributed by atoms with van der Waals surface area (Å²) in [5.41, 5.74) is 1.67. The van der Waals surface area contributed by atoms with Crippen LogP contribution >= 0.6 is 11.6 Å². The minimum absolute atomic E-state index is 0.452. The molecule has 0 radical (unpaired) electrons. The number of pyridine rings is 1. The van der Waals surface area contributed by atoms with Gasteiger partial charge in [-0.3, -0.25) is 0 Å². The Morgan fingerprint density at radius 2 is 2.43 bits per heavy atom. The van der Waals surface area contributed by atoms with Crippen LogP contribution in [0.2, 0.25) is 0 Å². The van der Waals surface area contributed by atoms with Crippen LogP contribution in [0.15, 0.2) is 24.5 Å². The first-order valence-electron chi connectivity index (χ1n) is 4.49. The van der Waals surface area contributed by atoms with Crippen LogP contribution in [-0.4, -0.2) is 21.0 Å². The van der Waals surface area contributed by atoms with Gasteiger partial charge in [-0.05, 0) is 18.6 Å². The number of alkyl halides is 1. The summed E-state index contributed by atoms with van der Waals surface area (Å²) >= 11 is 5.58. The van der Waals surface area contributed by atoms with Gasteiger partial charge >= 0.3 is 0 Å². The Kier molecular flexibility index (Phi) is 2.70. The quantitative estimate of drug-likeness (QED) is 0.764. The van der Waals surface area contributed by atoms with Crippen molar-refractivity contribution in [2.24, 2.45) is 0 Å². The molecule has 2 rings (SSSR count). The van der Waals surface area contributed by atoms with E-state index in [2.05, 4.69) is 9.97 Å². The molecular formula is C10H11ClN2O. The summed E-state index contributed by atoms with van der Waals surface area (Å²) in [4.78, 5) is 7.16. The number of nitrogens with one attached hydrogen (secondary N) is 1. The summed E-state index contributed by atoms with van der Waals surface area (Å²) in [6.45, 7) is 0. The highest BCUT2D eigenvalue weighted by Gasteiger charge is 2.12. The summed E-state index contributed by atoms with van der Waals surface area (Å²) < 4.78 is 0. The standard InChI is InChI=1S/C10H11ClN2O/c11-4-3-9(14)8-6-13-10-7(8)2-1-5-12-10/h1-2,5-6,9,14H,3-4H2,(H,12,13). The van der Waals surface area contributed by atoms with E-state index in [1.807, 2.05) is 12.1 Å². The monoisotopic (exact) mass is 210 g/mol. The first-order valence-corrected chi connectivity index (χ1v) is 5.02. The number of aromatic nitrogens is 2. The molecular weight excluding hydrogens is 200 g/mol. The van der Waals surface area contributed by atoms with Crippen LogP contribution in [0.4, 0.5) is 0 Å². The number of halogens is 1. The van der Waals surface area contributed by atoms with E-state index < -0.39 is 6.10 Å². The molecule has 0 saturated carbocycles. The molecule has 2 aromatic rings. The normalized spacial score (nSPS) is 13.3. The van der Waals surface area contributed by atoms with Crippen LogP contribution in [0, 0.1) is 0 Å². The number of hydrogen-bond donors (Lipinski definition) is 2. The largest absolute Gasteiger partial charge is 0.388 e. The average molecular weight is 211 g/mol. The lowest BCUT2D eigenvalue weighted by molar-refractivity contribution is 0.176. The van der Waals surface area contributed by atoms with E-state index >= 15 is 0 Å². The second-order valence-electron chi connectivity index (χ2n) is 3.14. The Hall–Kier alpha value is -1.06. The Balaban J connectivity index is 2.42. The highest BCUT2D eigenvalue weighted by atomic mass is 35.5. The lowest BCUT2D eigenvalue weighted by Gasteiger charge is -2.06. The molecule has 0 aliphatic rings. The summed E-state index contributed by atoms with van der Waals surface area (Å²) in [6.07, 6.45) is 3.56. The summed E-state index contributed by atoms with van der Waals surface area (Å²) in [6, 6.07) is 3.79. The first kappa shape index (κ1) is 9.49. The molecule has 14 heavy (non-hydrogen) atoms. The molecule has 0 bridgehead atoms. The Labute approximate surface area is 86.7 Å². The highest BCUT2D eigenvalue weighted by molar-refractivity contribution is 6.17. The maximum Gasteiger partial charge on any atom is 0.137 e. The second-order valence-corrected chi connectivity index (χ2v) is 3.52. The lowest BCUT2D eigenvalue weighted by Crippen LogP contribution is -1.96. The van der Waals surface area contributed by atoms with Gasteiger partial charge < -0.3 is 10.1 Å². The molecule has 0 amide bonds. The SMILES string of the molecule is OC(CCCl)c1c[nH]c2ncccc12. The topological polar surface area (TPSA) is 48.9 Å². The number of nitrogens with zero attached hydrogens (tertiary/aromatic N) is 1. The number of aromatic amines is 1. The minimum atomic E-state index is -0.509. The Morgan fingerprint density at radius 1 is 1.57 bits per heavy atom. The van der Waals surface area contributed by atoms with Gasteiger partial charge in [0.2, 0.25) is 0 Å². The molecule has 4 heteroatoms. The van der Waals surface area contributed by atoms with Gasteiger partial charge in [0.05, 0.1) is 6.10 Å². The molecule has 3 nitrogen and oxygen atoms in total. The third-order valence-electron chi connectivity index (χ3n) is 2.22. The van der Waals surface area contributed by atoms with Crippen molar-refractivity contribution in [1.82, 2.24) is 9.97 Å². The maximum atomic E-state index is 9.78. The van der Waals surface area contributed by atoms with Gasteiger partial charge in [-0.1, -0.05) is 0 Å². The van der Waals surface area contributed by atoms with Crippen molar-refractivity contribution >= 4 is 22.6 Å². The molecule has 0 aliphatic heterocycles. The zero-order valence-corrected chi connectivity index (χ0v) is 8.33.